The average Bonchev–Trinajstić information content (AvgIpc) is 2.87. The first-order valence-corrected chi connectivity index (χ1v) is 6.23. The molecular formula is C14H17NO3. The SMILES string of the molecule is CCC(=O)N1CCC(c2ccc(C(=O)O)cc2)C1. The number of carbonyl (C=O) groups is 2. The summed E-state index contributed by atoms with van der Waals surface area (Å²) in [7, 11) is 0. The molecule has 0 radical (unpaired) electrons. The van der Waals surface area contributed by atoms with Crippen molar-refractivity contribution < 1.29 is 14.7 Å². The summed E-state index contributed by atoms with van der Waals surface area (Å²) >= 11 is 0. The van der Waals surface area contributed by atoms with E-state index >= 15 is 0 Å². The summed E-state index contributed by atoms with van der Waals surface area (Å²) in [6.07, 6.45) is 1.50. The van der Waals surface area contributed by atoms with E-state index in [-0.39, 0.29) is 5.91 Å². The Morgan fingerprint density at radius 1 is 1.33 bits per heavy atom. The van der Waals surface area contributed by atoms with Crippen molar-refractivity contribution in [3.63, 3.8) is 0 Å². The van der Waals surface area contributed by atoms with Gasteiger partial charge in [-0.05, 0) is 24.1 Å². The molecule has 18 heavy (non-hydrogen) atoms. The van der Waals surface area contributed by atoms with Crippen LogP contribution in [-0.4, -0.2) is 35.0 Å². The zero-order valence-electron chi connectivity index (χ0n) is 10.4. The Bertz CT molecular complexity index is 453. The van der Waals surface area contributed by atoms with Gasteiger partial charge >= 0.3 is 5.97 Å². The third-order valence-corrected chi connectivity index (χ3v) is 3.47. The summed E-state index contributed by atoms with van der Waals surface area (Å²) in [4.78, 5) is 24.2. The molecule has 0 aliphatic carbocycles. The maximum absolute atomic E-state index is 11.6. The number of benzene rings is 1. The number of likely N-dealkylation sites (tertiary alicyclic amines) is 1. The second-order valence-corrected chi connectivity index (χ2v) is 4.61. The number of amides is 1. The molecule has 96 valence electrons. The highest BCUT2D eigenvalue weighted by atomic mass is 16.4. The monoisotopic (exact) mass is 247 g/mol. The molecular weight excluding hydrogens is 230 g/mol. The fourth-order valence-electron chi connectivity index (χ4n) is 2.38. The number of hydrogen-bond acceptors (Lipinski definition) is 2. The third kappa shape index (κ3) is 2.53. The molecule has 0 saturated carbocycles. The van der Waals surface area contributed by atoms with Gasteiger partial charge in [-0.25, -0.2) is 4.79 Å². The van der Waals surface area contributed by atoms with E-state index < -0.39 is 5.97 Å². The van der Waals surface area contributed by atoms with Gasteiger partial charge in [0.15, 0.2) is 0 Å². The lowest BCUT2D eigenvalue weighted by molar-refractivity contribution is -0.129. The molecule has 0 bridgehead atoms. The summed E-state index contributed by atoms with van der Waals surface area (Å²) in [5, 5.41) is 8.83. The highest BCUT2D eigenvalue weighted by Crippen LogP contribution is 2.27. The van der Waals surface area contributed by atoms with Gasteiger partial charge in [0.2, 0.25) is 5.91 Å². The van der Waals surface area contributed by atoms with Gasteiger partial charge < -0.3 is 10.0 Å². The summed E-state index contributed by atoms with van der Waals surface area (Å²) < 4.78 is 0. The van der Waals surface area contributed by atoms with Crippen LogP contribution in [-0.2, 0) is 4.79 Å². The summed E-state index contributed by atoms with van der Waals surface area (Å²) in [6.45, 7) is 3.43. The van der Waals surface area contributed by atoms with Crippen molar-refractivity contribution >= 4 is 11.9 Å². The van der Waals surface area contributed by atoms with Crippen LogP contribution >= 0.6 is 0 Å². The largest absolute Gasteiger partial charge is 0.478 e. The summed E-state index contributed by atoms with van der Waals surface area (Å²) in [5.74, 6) is -0.376. The van der Waals surface area contributed by atoms with Gasteiger partial charge in [-0.1, -0.05) is 19.1 Å². The molecule has 1 heterocycles. The van der Waals surface area contributed by atoms with Crippen LogP contribution in [0, 0.1) is 0 Å². The van der Waals surface area contributed by atoms with E-state index in [0.29, 0.717) is 17.9 Å². The number of hydrogen-bond donors (Lipinski definition) is 1. The van der Waals surface area contributed by atoms with Crippen LogP contribution in [0.3, 0.4) is 0 Å². The van der Waals surface area contributed by atoms with Crippen LogP contribution in [0.5, 0.6) is 0 Å². The number of aromatic carboxylic acids is 1. The van der Waals surface area contributed by atoms with Gasteiger partial charge in [0.05, 0.1) is 5.56 Å². The van der Waals surface area contributed by atoms with Gasteiger partial charge in [-0.2, -0.15) is 0 Å². The van der Waals surface area contributed by atoms with Gasteiger partial charge in [0.25, 0.3) is 0 Å². The van der Waals surface area contributed by atoms with Crippen LogP contribution < -0.4 is 0 Å². The minimum absolute atomic E-state index is 0.194. The molecule has 0 aromatic heterocycles. The van der Waals surface area contributed by atoms with Crippen molar-refractivity contribution in [2.24, 2.45) is 0 Å². The van der Waals surface area contributed by atoms with Crippen molar-refractivity contribution in [1.29, 1.82) is 0 Å². The van der Waals surface area contributed by atoms with Crippen molar-refractivity contribution in [2.75, 3.05) is 13.1 Å². The highest BCUT2D eigenvalue weighted by Gasteiger charge is 2.26. The van der Waals surface area contributed by atoms with E-state index in [1.807, 2.05) is 24.0 Å². The van der Waals surface area contributed by atoms with Crippen LogP contribution in [0.25, 0.3) is 0 Å². The molecule has 0 spiro atoms. The molecule has 4 nitrogen and oxygen atoms in total. The Kier molecular flexibility index (Phi) is 3.65. The Balaban J connectivity index is 2.05. The van der Waals surface area contributed by atoms with Gasteiger partial charge in [-0.3, -0.25) is 4.79 Å². The van der Waals surface area contributed by atoms with Crippen molar-refractivity contribution in [3.8, 4) is 0 Å². The van der Waals surface area contributed by atoms with E-state index in [1.165, 1.54) is 0 Å². The fraction of sp³-hybridized carbons (Fsp3) is 0.429. The van der Waals surface area contributed by atoms with E-state index in [4.69, 9.17) is 5.11 Å². The molecule has 1 saturated heterocycles. The highest BCUT2D eigenvalue weighted by molar-refractivity contribution is 5.87. The third-order valence-electron chi connectivity index (χ3n) is 3.47. The maximum Gasteiger partial charge on any atom is 0.335 e. The van der Waals surface area contributed by atoms with Crippen molar-refractivity contribution in [3.05, 3.63) is 35.4 Å². The van der Waals surface area contributed by atoms with Crippen LogP contribution in [0.4, 0.5) is 0 Å². The van der Waals surface area contributed by atoms with Gasteiger partial charge in [0.1, 0.15) is 0 Å². The molecule has 1 atom stereocenters. The number of carboxylic acids is 1. The number of rotatable bonds is 3. The first kappa shape index (κ1) is 12.6. The van der Waals surface area contributed by atoms with E-state index in [0.717, 1.165) is 25.1 Å². The Morgan fingerprint density at radius 2 is 2.00 bits per heavy atom. The molecule has 1 fully saturated rings. The Morgan fingerprint density at radius 3 is 2.56 bits per heavy atom. The zero-order chi connectivity index (χ0) is 13.1. The van der Waals surface area contributed by atoms with E-state index in [9.17, 15) is 9.59 Å². The molecule has 4 heteroatoms. The zero-order valence-corrected chi connectivity index (χ0v) is 10.4. The van der Waals surface area contributed by atoms with Gasteiger partial charge in [-0.15, -0.1) is 0 Å². The summed E-state index contributed by atoms with van der Waals surface area (Å²) in [6, 6.07) is 6.96. The lowest BCUT2D eigenvalue weighted by Crippen LogP contribution is -2.27. The van der Waals surface area contributed by atoms with Gasteiger partial charge in [0, 0.05) is 25.4 Å². The molecule has 1 aromatic rings. The Labute approximate surface area is 106 Å². The fourth-order valence-corrected chi connectivity index (χ4v) is 2.38. The minimum atomic E-state index is -0.907. The van der Waals surface area contributed by atoms with Crippen LogP contribution in [0.15, 0.2) is 24.3 Å². The van der Waals surface area contributed by atoms with Crippen LogP contribution in [0.2, 0.25) is 0 Å². The standard InChI is InChI=1S/C14H17NO3/c1-2-13(16)15-8-7-12(9-15)10-3-5-11(6-4-10)14(17)18/h3-6,12H,2,7-9H2,1H3,(H,17,18). The molecule has 1 aromatic carbocycles. The molecule has 1 amide bonds. The molecule has 1 aliphatic heterocycles. The average molecular weight is 247 g/mol. The lowest BCUT2D eigenvalue weighted by Gasteiger charge is -2.15. The smallest absolute Gasteiger partial charge is 0.335 e. The van der Waals surface area contributed by atoms with Crippen molar-refractivity contribution in [1.82, 2.24) is 4.90 Å². The predicted octanol–water partition coefficient (Wildman–Crippen LogP) is 2.11. The first-order valence-electron chi connectivity index (χ1n) is 6.23. The number of carboxylic acid groups (broad SMARTS) is 1. The number of carbonyl (C=O) groups excluding carboxylic acids is 1. The number of nitrogens with zero attached hydrogens (tertiary/aromatic N) is 1. The molecule has 1 aliphatic rings. The van der Waals surface area contributed by atoms with Crippen LogP contribution in [0.1, 0.15) is 41.6 Å². The predicted molar refractivity (Wildman–Crippen MR) is 67.6 cm³/mol. The normalized spacial score (nSPS) is 18.9. The second kappa shape index (κ2) is 5.21. The quantitative estimate of drug-likeness (QED) is 0.890. The van der Waals surface area contributed by atoms with Crippen molar-refractivity contribution in [2.45, 2.75) is 25.7 Å². The lowest BCUT2D eigenvalue weighted by atomic mass is 9.97. The second-order valence-electron chi connectivity index (χ2n) is 4.61. The van der Waals surface area contributed by atoms with E-state index in [2.05, 4.69) is 0 Å². The molecule has 2 rings (SSSR count). The minimum Gasteiger partial charge on any atom is -0.478 e. The topological polar surface area (TPSA) is 57.6 Å². The van der Waals surface area contributed by atoms with E-state index in [1.54, 1.807) is 12.1 Å². The Hall–Kier alpha value is -1.84. The first-order chi connectivity index (χ1) is 8.61. The molecule has 1 unspecified atom stereocenters. The summed E-state index contributed by atoms with van der Waals surface area (Å²) in [5.41, 5.74) is 1.42. The molecule has 1 N–H and O–H groups in total. The maximum atomic E-state index is 11.6.